The molecule has 0 spiro atoms. The predicted molar refractivity (Wildman–Crippen MR) is 130 cm³/mol. The van der Waals surface area contributed by atoms with Gasteiger partial charge in [-0.05, 0) is 61.4 Å². The Balaban J connectivity index is 1.32. The standard InChI is InChI=1S/C27H29N3O3/c1-32-22-15-13-21(14-16-22)27(31)28-18-17-26-29-24-11-5-6-12-25(24)30(26)19-7-8-20-33-23-9-3-2-4-10-23/h2-6,9-16H,7-8,17-20H2,1H3,(H,28,31). The number of para-hydroxylation sites is 3. The molecule has 1 aromatic heterocycles. The highest BCUT2D eigenvalue weighted by Crippen LogP contribution is 2.18. The maximum absolute atomic E-state index is 12.5. The molecule has 1 heterocycles. The van der Waals surface area contributed by atoms with Crippen molar-refractivity contribution in [1.82, 2.24) is 14.9 Å². The van der Waals surface area contributed by atoms with Gasteiger partial charge in [0.15, 0.2) is 0 Å². The first-order valence-corrected chi connectivity index (χ1v) is 11.3. The molecule has 1 amide bonds. The molecule has 0 radical (unpaired) electrons. The fourth-order valence-corrected chi connectivity index (χ4v) is 3.78. The highest BCUT2D eigenvalue weighted by molar-refractivity contribution is 5.94. The quantitative estimate of drug-likeness (QED) is 0.336. The lowest BCUT2D eigenvalue weighted by atomic mass is 10.2. The third kappa shape index (κ3) is 5.92. The highest BCUT2D eigenvalue weighted by atomic mass is 16.5. The van der Waals surface area contributed by atoms with Crippen molar-refractivity contribution >= 4 is 16.9 Å². The van der Waals surface area contributed by atoms with Crippen molar-refractivity contribution in [2.24, 2.45) is 0 Å². The lowest BCUT2D eigenvalue weighted by molar-refractivity contribution is 0.0954. The number of nitrogens with zero attached hydrogens (tertiary/aromatic N) is 2. The lowest BCUT2D eigenvalue weighted by Gasteiger charge is -2.11. The molecular formula is C27H29N3O3. The van der Waals surface area contributed by atoms with E-state index in [-0.39, 0.29) is 5.91 Å². The minimum atomic E-state index is -0.0987. The first-order chi connectivity index (χ1) is 16.2. The number of hydrogen-bond acceptors (Lipinski definition) is 4. The van der Waals surface area contributed by atoms with Crippen molar-refractivity contribution in [3.8, 4) is 11.5 Å². The van der Waals surface area contributed by atoms with E-state index in [1.807, 2.05) is 48.5 Å². The van der Waals surface area contributed by atoms with Gasteiger partial charge in [-0.2, -0.15) is 0 Å². The second kappa shape index (κ2) is 11.2. The summed E-state index contributed by atoms with van der Waals surface area (Å²) in [6.07, 6.45) is 2.60. The number of ether oxygens (including phenoxy) is 2. The number of hydrogen-bond donors (Lipinski definition) is 1. The second-order valence-corrected chi connectivity index (χ2v) is 7.77. The summed E-state index contributed by atoms with van der Waals surface area (Å²) >= 11 is 0. The number of methoxy groups -OCH3 is 1. The third-order valence-corrected chi connectivity index (χ3v) is 5.51. The summed E-state index contributed by atoms with van der Waals surface area (Å²) in [5.74, 6) is 2.52. The van der Waals surface area contributed by atoms with Crippen molar-refractivity contribution in [3.05, 3.63) is 90.3 Å². The molecule has 170 valence electrons. The first kappa shape index (κ1) is 22.4. The molecule has 33 heavy (non-hydrogen) atoms. The summed E-state index contributed by atoms with van der Waals surface area (Å²) in [4.78, 5) is 17.3. The Morgan fingerprint density at radius 1 is 0.909 bits per heavy atom. The van der Waals surface area contributed by atoms with E-state index in [2.05, 4.69) is 16.0 Å². The molecule has 0 bridgehead atoms. The Hall–Kier alpha value is -3.80. The number of amides is 1. The fourth-order valence-electron chi connectivity index (χ4n) is 3.78. The summed E-state index contributed by atoms with van der Waals surface area (Å²) < 4.78 is 13.2. The van der Waals surface area contributed by atoms with Crippen LogP contribution in [0.25, 0.3) is 11.0 Å². The number of nitrogens with one attached hydrogen (secondary N) is 1. The molecule has 0 atom stereocenters. The molecule has 4 rings (SSSR count). The van der Waals surface area contributed by atoms with Gasteiger partial charge in [-0.1, -0.05) is 30.3 Å². The van der Waals surface area contributed by atoms with Gasteiger partial charge in [0.1, 0.15) is 17.3 Å². The van der Waals surface area contributed by atoms with E-state index in [1.54, 1.807) is 31.4 Å². The number of fused-ring (bicyclic) bond motifs is 1. The number of imidazole rings is 1. The number of aromatic nitrogens is 2. The molecule has 1 N–H and O–H groups in total. The van der Waals surface area contributed by atoms with Gasteiger partial charge in [0, 0.05) is 25.1 Å². The minimum Gasteiger partial charge on any atom is -0.497 e. The van der Waals surface area contributed by atoms with Crippen molar-refractivity contribution in [1.29, 1.82) is 0 Å². The molecule has 0 aliphatic heterocycles. The van der Waals surface area contributed by atoms with E-state index in [4.69, 9.17) is 14.5 Å². The Kier molecular flexibility index (Phi) is 7.59. The van der Waals surface area contributed by atoms with Crippen LogP contribution in [-0.2, 0) is 13.0 Å². The molecule has 0 fully saturated rings. The van der Waals surface area contributed by atoms with Crippen LogP contribution in [0.2, 0.25) is 0 Å². The van der Waals surface area contributed by atoms with Gasteiger partial charge in [-0.15, -0.1) is 0 Å². The maximum atomic E-state index is 12.5. The number of carbonyl (C=O) groups is 1. The molecule has 6 nitrogen and oxygen atoms in total. The molecule has 0 aliphatic carbocycles. The van der Waals surface area contributed by atoms with Gasteiger partial charge >= 0.3 is 0 Å². The number of rotatable bonds is 11. The zero-order valence-corrected chi connectivity index (χ0v) is 18.9. The van der Waals surface area contributed by atoms with Gasteiger partial charge in [0.05, 0.1) is 24.8 Å². The maximum Gasteiger partial charge on any atom is 0.251 e. The Morgan fingerprint density at radius 2 is 1.67 bits per heavy atom. The van der Waals surface area contributed by atoms with Gasteiger partial charge in [-0.3, -0.25) is 4.79 Å². The van der Waals surface area contributed by atoms with Crippen LogP contribution < -0.4 is 14.8 Å². The number of unbranched alkanes of at least 4 members (excludes halogenated alkanes) is 1. The van der Waals surface area contributed by atoms with E-state index in [0.29, 0.717) is 25.1 Å². The van der Waals surface area contributed by atoms with Crippen LogP contribution in [0.5, 0.6) is 11.5 Å². The SMILES string of the molecule is COc1ccc(C(=O)NCCc2nc3ccccc3n2CCCCOc2ccccc2)cc1. The van der Waals surface area contributed by atoms with Crippen molar-refractivity contribution in [2.45, 2.75) is 25.8 Å². The van der Waals surface area contributed by atoms with Gasteiger partial charge in [-0.25, -0.2) is 4.98 Å². The molecule has 0 unspecified atom stereocenters. The van der Waals surface area contributed by atoms with E-state index in [0.717, 1.165) is 47.7 Å². The third-order valence-electron chi connectivity index (χ3n) is 5.51. The average molecular weight is 444 g/mol. The van der Waals surface area contributed by atoms with Crippen LogP contribution in [0.1, 0.15) is 29.0 Å². The number of carbonyl (C=O) groups excluding carboxylic acids is 1. The number of benzene rings is 3. The highest BCUT2D eigenvalue weighted by Gasteiger charge is 2.11. The zero-order valence-electron chi connectivity index (χ0n) is 18.9. The normalized spacial score (nSPS) is 10.8. The first-order valence-electron chi connectivity index (χ1n) is 11.3. The summed E-state index contributed by atoms with van der Waals surface area (Å²) in [5, 5.41) is 3.00. The molecule has 6 heteroatoms. The van der Waals surface area contributed by atoms with Crippen molar-refractivity contribution in [3.63, 3.8) is 0 Å². The van der Waals surface area contributed by atoms with Crippen LogP contribution >= 0.6 is 0 Å². The Bertz CT molecular complexity index is 1170. The zero-order chi connectivity index (χ0) is 22.9. The molecule has 0 saturated carbocycles. The van der Waals surface area contributed by atoms with Gasteiger partial charge in [0.2, 0.25) is 0 Å². The van der Waals surface area contributed by atoms with Crippen LogP contribution in [0.15, 0.2) is 78.9 Å². The Labute approximate surface area is 194 Å². The smallest absolute Gasteiger partial charge is 0.251 e. The van der Waals surface area contributed by atoms with Crippen LogP contribution in [0.4, 0.5) is 0 Å². The van der Waals surface area contributed by atoms with Crippen molar-refractivity contribution in [2.75, 3.05) is 20.3 Å². The monoisotopic (exact) mass is 443 g/mol. The summed E-state index contributed by atoms with van der Waals surface area (Å²) in [7, 11) is 1.61. The largest absolute Gasteiger partial charge is 0.497 e. The van der Waals surface area contributed by atoms with Crippen molar-refractivity contribution < 1.29 is 14.3 Å². The second-order valence-electron chi connectivity index (χ2n) is 7.77. The van der Waals surface area contributed by atoms with E-state index < -0.39 is 0 Å². The predicted octanol–water partition coefficient (Wildman–Crippen LogP) is 4.88. The summed E-state index contributed by atoms with van der Waals surface area (Å²) in [6.45, 7) is 2.07. The number of aryl methyl sites for hydroxylation is 1. The molecule has 3 aromatic carbocycles. The molecule has 4 aromatic rings. The molecule has 0 aliphatic rings. The lowest BCUT2D eigenvalue weighted by Crippen LogP contribution is -2.26. The van der Waals surface area contributed by atoms with Gasteiger partial charge < -0.3 is 19.4 Å². The van der Waals surface area contributed by atoms with Crippen LogP contribution in [-0.4, -0.2) is 35.7 Å². The molecular weight excluding hydrogens is 414 g/mol. The fraction of sp³-hybridized carbons (Fsp3) is 0.259. The average Bonchev–Trinajstić information content (AvgIpc) is 3.21. The van der Waals surface area contributed by atoms with Crippen LogP contribution in [0, 0.1) is 0 Å². The minimum absolute atomic E-state index is 0.0987. The Morgan fingerprint density at radius 3 is 2.45 bits per heavy atom. The summed E-state index contributed by atoms with van der Waals surface area (Å²) in [6, 6.07) is 25.2. The topological polar surface area (TPSA) is 65.4 Å². The van der Waals surface area contributed by atoms with E-state index in [1.165, 1.54) is 0 Å². The molecule has 0 saturated heterocycles. The van der Waals surface area contributed by atoms with E-state index >= 15 is 0 Å². The van der Waals surface area contributed by atoms with Crippen LogP contribution in [0.3, 0.4) is 0 Å². The van der Waals surface area contributed by atoms with Gasteiger partial charge in [0.25, 0.3) is 5.91 Å². The van der Waals surface area contributed by atoms with E-state index in [9.17, 15) is 4.79 Å². The summed E-state index contributed by atoms with van der Waals surface area (Å²) in [5.41, 5.74) is 2.72.